The number of hydrogen-bond acceptors (Lipinski definition) is 2. The van der Waals surface area contributed by atoms with Crippen LogP contribution in [0.1, 0.15) is 46.0 Å². The van der Waals surface area contributed by atoms with Crippen LogP contribution in [0.3, 0.4) is 0 Å². The third-order valence-electron chi connectivity index (χ3n) is 2.59. The lowest BCUT2D eigenvalue weighted by Crippen LogP contribution is -2.26. The third kappa shape index (κ3) is 3.73. The van der Waals surface area contributed by atoms with Crippen molar-refractivity contribution < 1.29 is 4.79 Å². The van der Waals surface area contributed by atoms with Crippen LogP contribution in [0.5, 0.6) is 0 Å². The molecule has 0 heterocycles. The van der Waals surface area contributed by atoms with Gasteiger partial charge in [-0.1, -0.05) is 12.0 Å². The highest BCUT2D eigenvalue weighted by molar-refractivity contribution is 6.01. The molecule has 1 aliphatic rings. The second-order valence-electron chi connectivity index (χ2n) is 4.07. The van der Waals surface area contributed by atoms with Gasteiger partial charge in [0.05, 0.1) is 5.71 Å². The van der Waals surface area contributed by atoms with Gasteiger partial charge in [-0.3, -0.25) is 0 Å². The molecule has 0 unspecified atom stereocenters. The van der Waals surface area contributed by atoms with E-state index in [1.165, 1.54) is 24.0 Å². The number of carbonyl (C=O) groups is 1. The summed E-state index contributed by atoms with van der Waals surface area (Å²) in [5.74, 6) is 0. The molecule has 1 rings (SSSR count). The summed E-state index contributed by atoms with van der Waals surface area (Å²) in [6, 6.07) is -0.597. The Kier molecular flexibility index (Phi) is 4.34. The second-order valence-corrected chi connectivity index (χ2v) is 4.07. The lowest BCUT2D eigenvalue weighted by Gasteiger charge is -2.09. The number of amides is 2. The second kappa shape index (κ2) is 5.53. The Bertz CT molecular complexity index is 301. The molecule has 2 amide bonds. The van der Waals surface area contributed by atoms with E-state index >= 15 is 0 Å². The minimum atomic E-state index is -0.597. The Balaban J connectivity index is 2.84. The van der Waals surface area contributed by atoms with E-state index in [4.69, 9.17) is 5.73 Å². The molecule has 1 saturated carbocycles. The van der Waals surface area contributed by atoms with Crippen LogP contribution in [0.4, 0.5) is 4.79 Å². The zero-order chi connectivity index (χ0) is 11.3. The van der Waals surface area contributed by atoms with Crippen molar-refractivity contribution in [2.24, 2.45) is 10.8 Å². The van der Waals surface area contributed by atoms with Crippen LogP contribution < -0.4 is 11.2 Å². The molecule has 0 aliphatic heterocycles. The van der Waals surface area contributed by atoms with Gasteiger partial charge in [-0.25, -0.2) is 10.2 Å². The topological polar surface area (TPSA) is 67.5 Å². The predicted octanol–water partition coefficient (Wildman–Crippen LogP) is 2.31. The van der Waals surface area contributed by atoms with Gasteiger partial charge < -0.3 is 5.73 Å². The van der Waals surface area contributed by atoms with Crippen molar-refractivity contribution >= 4 is 11.7 Å². The Morgan fingerprint density at radius 3 is 2.53 bits per heavy atom. The van der Waals surface area contributed by atoms with Crippen molar-refractivity contribution in [3.05, 3.63) is 11.1 Å². The van der Waals surface area contributed by atoms with Crippen molar-refractivity contribution in [3.63, 3.8) is 0 Å². The van der Waals surface area contributed by atoms with E-state index in [2.05, 4.69) is 24.4 Å². The fraction of sp³-hybridized carbons (Fsp3) is 0.636. The van der Waals surface area contributed by atoms with E-state index in [0.717, 1.165) is 25.0 Å². The van der Waals surface area contributed by atoms with Gasteiger partial charge in [0.25, 0.3) is 0 Å². The fourth-order valence-corrected chi connectivity index (χ4v) is 1.85. The quantitative estimate of drug-likeness (QED) is 0.505. The first-order valence-electron chi connectivity index (χ1n) is 5.40. The highest BCUT2D eigenvalue weighted by atomic mass is 16.2. The summed E-state index contributed by atoms with van der Waals surface area (Å²) < 4.78 is 0. The molecule has 15 heavy (non-hydrogen) atoms. The molecule has 3 N–H and O–H groups in total. The van der Waals surface area contributed by atoms with Crippen molar-refractivity contribution in [2.45, 2.75) is 46.0 Å². The fourth-order valence-electron chi connectivity index (χ4n) is 1.85. The average Bonchev–Trinajstić information content (AvgIpc) is 2.39. The first-order chi connectivity index (χ1) is 7.11. The van der Waals surface area contributed by atoms with Crippen LogP contribution in [0.2, 0.25) is 0 Å². The molecule has 1 fully saturated rings. The zero-order valence-electron chi connectivity index (χ0n) is 9.47. The monoisotopic (exact) mass is 209 g/mol. The Morgan fingerprint density at radius 2 is 1.93 bits per heavy atom. The number of nitrogens with zero attached hydrogens (tertiary/aromatic N) is 1. The van der Waals surface area contributed by atoms with Gasteiger partial charge in [-0.05, 0) is 45.1 Å². The largest absolute Gasteiger partial charge is 0.350 e. The van der Waals surface area contributed by atoms with E-state index in [1.807, 2.05) is 0 Å². The number of allylic oxidation sites excluding steroid dienone is 2. The van der Waals surface area contributed by atoms with Crippen LogP contribution in [0, 0.1) is 0 Å². The molecule has 0 aromatic carbocycles. The third-order valence-corrected chi connectivity index (χ3v) is 2.59. The molecule has 1 aliphatic carbocycles. The normalized spacial score (nSPS) is 19.9. The van der Waals surface area contributed by atoms with Crippen LogP contribution in [0.15, 0.2) is 16.2 Å². The van der Waals surface area contributed by atoms with E-state index in [0.29, 0.717) is 0 Å². The van der Waals surface area contributed by atoms with Gasteiger partial charge in [0.1, 0.15) is 0 Å². The number of urea groups is 1. The van der Waals surface area contributed by atoms with Gasteiger partial charge in [0, 0.05) is 0 Å². The number of nitrogens with two attached hydrogens (primary N) is 1. The molecule has 0 bridgehead atoms. The standard InChI is InChI=1S/C11H19N3O/c1-8(2)9-6-4-3-5-7-10(9)13-14-11(12)15/h3-7H2,1-2H3,(H3,12,14,15)/b13-10+. The van der Waals surface area contributed by atoms with E-state index < -0.39 is 6.03 Å². The summed E-state index contributed by atoms with van der Waals surface area (Å²) >= 11 is 0. The van der Waals surface area contributed by atoms with Gasteiger partial charge in [-0.2, -0.15) is 5.10 Å². The van der Waals surface area contributed by atoms with Crippen LogP contribution in [0.25, 0.3) is 0 Å². The van der Waals surface area contributed by atoms with Gasteiger partial charge in [-0.15, -0.1) is 0 Å². The Labute approximate surface area is 90.6 Å². The number of carbonyl (C=O) groups excluding carboxylic acids is 1. The summed E-state index contributed by atoms with van der Waals surface area (Å²) in [7, 11) is 0. The van der Waals surface area contributed by atoms with E-state index in [-0.39, 0.29) is 0 Å². The molecule has 0 radical (unpaired) electrons. The number of hydrazone groups is 1. The van der Waals surface area contributed by atoms with E-state index in [1.54, 1.807) is 0 Å². The minimum Gasteiger partial charge on any atom is -0.350 e. The zero-order valence-corrected chi connectivity index (χ0v) is 9.47. The maximum absolute atomic E-state index is 10.6. The molecule has 4 heteroatoms. The molecule has 4 nitrogen and oxygen atoms in total. The van der Waals surface area contributed by atoms with Gasteiger partial charge in [0.2, 0.25) is 0 Å². The molecule has 0 spiro atoms. The molecular formula is C11H19N3O. The summed E-state index contributed by atoms with van der Waals surface area (Å²) in [6.45, 7) is 4.17. The molecule has 0 atom stereocenters. The SMILES string of the molecule is CC(C)=C1CCCCC/C1=N\NC(N)=O. The molecule has 0 aromatic heterocycles. The Morgan fingerprint density at radius 1 is 1.27 bits per heavy atom. The number of primary amides is 1. The summed E-state index contributed by atoms with van der Waals surface area (Å²) in [5, 5.41) is 4.08. The average molecular weight is 209 g/mol. The van der Waals surface area contributed by atoms with Crippen molar-refractivity contribution in [1.82, 2.24) is 5.43 Å². The molecule has 84 valence electrons. The molecule has 0 aromatic rings. The van der Waals surface area contributed by atoms with Crippen LogP contribution in [-0.4, -0.2) is 11.7 Å². The minimum absolute atomic E-state index is 0.597. The van der Waals surface area contributed by atoms with Crippen molar-refractivity contribution in [2.75, 3.05) is 0 Å². The predicted molar refractivity (Wildman–Crippen MR) is 61.6 cm³/mol. The summed E-state index contributed by atoms with van der Waals surface area (Å²) in [4.78, 5) is 10.6. The highest BCUT2D eigenvalue weighted by Crippen LogP contribution is 2.22. The smallest absolute Gasteiger partial charge is 0.332 e. The Hall–Kier alpha value is -1.32. The maximum atomic E-state index is 10.6. The summed E-state index contributed by atoms with van der Waals surface area (Å²) in [6.07, 6.45) is 5.56. The number of hydrogen-bond donors (Lipinski definition) is 2. The first-order valence-corrected chi connectivity index (χ1v) is 5.40. The maximum Gasteiger partial charge on any atom is 0.332 e. The van der Waals surface area contributed by atoms with Crippen LogP contribution >= 0.6 is 0 Å². The van der Waals surface area contributed by atoms with Crippen LogP contribution in [-0.2, 0) is 0 Å². The molecular weight excluding hydrogens is 190 g/mol. The van der Waals surface area contributed by atoms with Crippen molar-refractivity contribution in [3.8, 4) is 0 Å². The summed E-state index contributed by atoms with van der Waals surface area (Å²) in [5.41, 5.74) is 10.9. The number of nitrogens with one attached hydrogen (secondary N) is 1. The number of rotatable bonds is 1. The lowest BCUT2D eigenvalue weighted by molar-refractivity contribution is 0.249. The van der Waals surface area contributed by atoms with Gasteiger partial charge in [0.15, 0.2) is 0 Å². The van der Waals surface area contributed by atoms with E-state index in [9.17, 15) is 4.79 Å². The van der Waals surface area contributed by atoms with Crippen molar-refractivity contribution in [1.29, 1.82) is 0 Å². The highest BCUT2D eigenvalue weighted by Gasteiger charge is 2.13. The lowest BCUT2D eigenvalue weighted by atomic mass is 10.0. The first kappa shape index (κ1) is 11.8. The van der Waals surface area contributed by atoms with Gasteiger partial charge >= 0.3 is 6.03 Å². The molecule has 0 saturated heterocycles.